The summed E-state index contributed by atoms with van der Waals surface area (Å²) in [4.78, 5) is 24.4. The molecule has 0 heterocycles. The molecule has 62 heavy (non-hydrogen) atoms. The summed E-state index contributed by atoms with van der Waals surface area (Å²) in [6.07, 6.45) is 61.9. The van der Waals surface area contributed by atoms with Gasteiger partial charge in [-0.3, -0.25) is 9.59 Å². The lowest BCUT2D eigenvalue weighted by molar-refractivity contribution is -0.143. The third-order valence-electron chi connectivity index (χ3n) is 12.7. The second kappa shape index (κ2) is 52.0. The standard InChI is InChI=1S/C56H107NO5/c1-3-5-7-9-11-13-15-16-17-18-19-20-22-25-29-32-36-40-44-48-54(59)53(52-58)57-55(60)49-45-41-37-33-30-26-23-21-24-27-31-35-39-43-47-51-62-56(61)50-46-42-38-34-28-14-12-10-8-6-4-2/h24,27,44,48,53-54,58-59H,3-23,25-26,28-43,45-47,49-52H2,1-2H3,(H,57,60)/b27-24-,48-44+. The van der Waals surface area contributed by atoms with Crippen LogP contribution in [-0.4, -0.2) is 47.4 Å². The molecule has 2 unspecified atom stereocenters. The number of unbranched alkanes of at least 4 members (excludes halogenated alkanes) is 38. The van der Waals surface area contributed by atoms with E-state index in [1.807, 2.05) is 6.08 Å². The molecule has 366 valence electrons. The zero-order valence-electron chi connectivity index (χ0n) is 41.6. The molecule has 0 aliphatic rings. The summed E-state index contributed by atoms with van der Waals surface area (Å²) in [5, 5.41) is 23.1. The number of carbonyl (C=O) groups is 2. The molecule has 0 aromatic heterocycles. The lowest BCUT2D eigenvalue weighted by Crippen LogP contribution is -2.45. The Morgan fingerprint density at radius 1 is 0.435 bits per heavy atom. The van der Waals surface area contributed by atoms with Crippen LogP contribution in [0.2, 0.25) is 0 Å². The lowest BCUT2D eigenvalue weighted by atomic mass is 10.0. The zero-order valence-corrected chi connectivity index (χ0v) is 41.6. The van der Waals surface area contributed by atoms with Gasteiger partial charge in [-0.05, 0) is 57.8 Å². The van der Waals surface area contributed by atoms with Crippen molar-refractivity contribution in [3.63, 3.8) is 0 Å². The molecule has 0 aliphatic carbocycles. The average Bonchev–Trinajstić information content (AvgIpc) is 3.27. The quantitative estimate of drug-likeness (QED) is 0.0321. The first-order valence-corrected chi connectivity index (χ1v) is 27.6. The Morgan fingerprint density at radius 3 is 1.15 bits per heavy atom. The largest absolute Gasteiger partial charge is 0.466 e. The highest BCUT2D eigenvalue weighted by molar-refractivity contribution is 5.76. The molecule has 3 N–H and O–H groups in total. The Balaban J connectivity index is 3.52. The summed E-state index contributed by atoms with van der Waals surface area (Å²) in [7, 11) is 0. The van der Waals surface area contributed by atoms with Crippen molar-refractivity contribution in [1.29, 1.82) is 0 Å². The normalized spacial score (nSPS) is 12.8. The number of amides is 1. The van der Waals surface area contributed by atoms with Crippen LogP contribution in [0.15, 0.2) is 24.3 Å². The maximum absolute atomic E-state index is 12.5. The molecule has 0 rings (SSSR count). The van der Waals surface area contributed by atoms with Crippen LogP contribution in [0.5, 0.6) is 0 Å². The van der Waals surface area contributed by atoms with Gasteiger partial charge in [0.05, 0.1) is 25.4 Å². The Bertz CT molecular complexity index is 966. The molecule has 0 saturated carbocycles. The smallest absolute Gasteiger partial charge is 0.305 e. The number of hydrogen-bond acceptors (Lipinski definition) is 5. The molecule has 0 radical (unpaired) electrons. The van der Waals surface area contributed by atoms with E-state index in [4.69, 9.17) is 4.74 Å². The Morgan fingerprint density at radius 2 is 0.758 bits per heavy atom. The third kappa shape index (κ3) is 47.8. The fraction of sp³-hybridized carbons (Fsp3) is 0.893. The van der Waals surface area contributed by atoms with E-state index < -0.39 is 12.1 Å². The van der Waals surface area contributed by atoms with E-state index in [-0.39, 0.29) is 18.5 Å². The minimum atomic E-state index is -0.854. The second-order valence-corrected chi connectivity index (χ2v) is 18.9. The van der Waals surface area contributed by atoms with Crippen LogP contribution in [0.3, 0.4) is 0 Å². The van der Waals surface area contributed by atoms with Crippen LogP contribution >= 0.6 is 0 Å². The van der Waals surface area contributed by atoms with Crippen LogP contribution in [-0.2, 0) is 14.3 Å². The molecule has 0 bridgehead atoms. The van der Waals surface area contributed by atoms with Crippen molar-refractivity contribution in [2.45, 2.75) is 309 Å². The summed E-state index contributed by atoms with van der Waals surface area (Å²) >= 11 is 0. The molecule has 0 aromatic carbocycles. The second-order valence-electron chi connectivity index (χ2n) is 18.9. The number of aliphatic hydroxyl groups is 2. The predicted molar refractivity (Wildman–Crippen MR) is 269 cm³/mol. The number of rotatable bonds is 51. The van der Waals surface area contributed by atoms with Crippen LogP contribution in [0, 0.1) is 0 Å². The van der Waals surface area contributed by atoms with Crippen LogP contribution in [0.4, 0.5) is 0 Å². The average molecular weight is 874 g/mol. The molecule has 6 nitrogen and oxygen atoms in total. The van der Waals surface area contributed by atoms with Crippen LogP contribution < -0.4 is 5.32 Å². The van der Waals surface area contributed by atoms with Crippen molar-refractivity contribution >= 4 is 11.9 Å². The summed E-state index contributed by atoms with van der Waals surface area (Å²) in [6, 6.07) is -0.639. The molecule has 1 amide bonds. The third-order valence-corrected chi connectivity index (χ3v) is 12.7. The fourth-order valence-electron chi connectivity index (χ4n) is 8.45. The van der Waals surface area contributed by atoms with Crippen molar-refractivity contribution in [3.05, 3.63) is 24.3 Å². The molecule has 0 saturated heterocycles. The molecular formula is C56H107NO5. The molecule has 0 spiro atoms. The van der Waals surface area contributed by atoms with Crippen molar-refractivity contribution in [1.82, 2.24) is 5.32 Å². The number of esters is 1. The molecule has 0 aliphatic heterocycles. The van der Waals surface area contributed by atoms with E-state index in [1.165, 1.54) is 199 Å². The topological polar surface area (TPSA) is 95.9 Å². The molecule has 0 fully saturated rings. The Labute approximate surface area is 386 Å². The van der Waals surface area contributed by atoms with Gasteiger partial charge < -0.3 is 20.3 Å². The maximum atomic E-state index is 12.5. The van der Waals surface area contributed by atoms with Gasteiger partial charge in [0.15, 0.2) is 0 Å². The first kappa shape index (κ1) is 60.3. The molecule has 2 atom stereocenters. The SMILES string of the molecule is CCCCCCCCCCCCCCCCCCC/C=C/C(O)C(CO)NC(=O)CCCCCCCCC/C=C\CCCCCCOC(=O)CCCCCCCCCCCCC. The van der Waals surface area contributed by atoms with Crippen LogP contribution in [0.25, 0.3) is 0 Å². The van der Waals surface area contributed by atoms with E-state index in [0.717, 1.165) is 70.6 Å². The van der Waals surface area contributed by atoms with E-state index in [1.54, 1.807) is 6.08 Å². The van der Waals surface area contributed by atoms with Gasteiger partial charge in [0.2, 0.25) is 5.91 Å². The summed E-state index contributed by atoms with van der Waals surface area (Å²) < 4.78 is 5.44. The number of carbonyl (C=O) groups excluding carboxylic acids is 2. The first-order chi connectivity index (χ1) is 30.5. The van der Waals surface area contributed by atoms with E-state index in [9.17, 15) is 19.8 Å². The van der Waals surface area contributed by atoms with Gasteiger partial charge in [-0.15, -0.1) is 0 Å². The summed E-state index contributed by atoms with van der Waals surface area (Å²) in [5.41, 5.74) is 0. The van der Waals surface area contributed by atoms with Gasteiger partial charge in [-0.2, -0.15) is 0 Å². The van der Waals surface area contributed by atoms with E-state index in [2.05, 4.69) is 31.3 Å². The number of hydrogen-bond donors (Lipinski definition) is 3. The van der Waals surface area contributed by atoms with E-state index >= 15 is 0 Å². The van der Waals surface area contributed by atoms with Crippen molar-refractivity contribution in [2.75, 3.05) is 13.2 Å². The zero-order chi connectivity index (χ0) is 45.1. The minimum absolute atomic E-state index is 0.0114. The minimum Gasteiger partial charge on any atom is -0.466 e. The van der Waals surface area contributed by atoms with Gasteiger partial charge in [0.1, 0.15) is 0 Å². The predicted octanol–water partition coefficient (Wildman–Crippen LogP) is 16.7. The lowest BCUT2D eigenvalue weighted by Gasteiger charge is -2.20. The van der Waals surface area contributed by atoms with Crippen LogP contribution in [0.1, 0.15) is 296 Å². The van der Waals surface area contributed by atoms with Gasteiger partial charge in [0, 0.05) is 12.8 Å². The maximum Gasteiger partial charge on any atom is 0.305 e. The summed E-state index contributed by atoms with van der Waals surface area (Å²) in [6.45, 7) is 4.87. The Kier molecular flexibility index (Phi) is 50.6. The van der Waals surface area contributed by atoms with Gasteiger partial charge in [0.25, 0.3) is 0 Å². The number of aliphatic hydroxyl groups excluding tert-OH is 2. The highest BCUT2D eigenvalue weighted by Gasteiger charge is 2.18. The molecule has 6 heteroatoms. The highest BCUT2D eigenvalue weighted by Crippen LogP contribution is 2.16. The highest BCUT2D eigenvalue weighted by atomic mass is 16.5. The fourth-order valence-corrected chi connectivity index (χ4v) is 8.45. The monoisotopic (exact) mass is 874 g/mol. The van der Waals surface area contributed by atoms with E-state index in [0.29, 0.717) is 19.4 Å². The Hall–Kier alpha value is -1.66. The molecule has 0 aromatic rings. The van der Waals surface area contributed by atoms with Gasteiger partial charge in [-0.25, -0.2) is 0 Å². The number of nitrogens with one attached hydrogen (secondary N) is 1. The summed E-state index contributed by atoms with van der Waals surface area (Å²) in [5.74, 6) is -0.0927. The number of allylic oxidation sites excluding steroid dienone is 3. The van der Waals surface area contributed by atoms with Crippen molar-refractivity contribution < 1.29 is 24.5 Å². The first-order valence-electron chi connectivity index (χ1n) is 27.6. The van der Waals surface area contributed by atoms with Gasteiger partial charge >= 0.3 is 5.97 Å². The van der Waals surface area contributed by atoms with Crippen molar-refractivity contribution in [2.24, 2.45) is 0 Å². The van der Waals surface area contributed by atoms with Crippen molar-refractivity contribution in [3.8, 4) is 0 Å². The molecular weight excluding hydrogens is 767 g/mol. The van der Waals surface area contributed by atoms with Gasteiger partial charge in [-0.1, -0.05) is 250 Å². The number of ether oxygens (including phenoxy) is 1.